The topological polar surface area (TPSA) is 76.2 Å². The first-order chi connectivity index (χ1) is 15.0. The normalized spacial score (nSPS) is 16.8. The van der Waals surface area contributed by atoms with Crippen LogP contribution in [-0.4, -0.2) is 57.3 Å². The lowest BCUT2D eigenvalue weighted by molar-refractivity contribution is -0.135. The molecule has 0 saturated carbocycles. The minimum atomic E-state index is -3.70. The molecule has 182 valence electrons. The Bertz CT molecular complexity index is 854. The van der Waals surface area contributed by atoms with Crippen molar-refractivity contribution in [2.24, 2.45) is 5.41 Å². The van der Waals surface area contributed by atoms with E-state index in [-0.39, 0.29) is 35.5 Å². The molecule has 32 heavy (non-hydrogen) atoms. The number of rotatable bonds is 11. The fourth-order valence-corrected chi connectivity index (χ4v) is 4.34. The minimum Gasteiger partial charge on any atom is -0.382 e. The maximum Gasteiger partial charge on any atom is 0.308 e. The summed E-state index contributed by atoms with van der Waals surface area (Å²) < 4.78 is 35.9. The molecule has 0 bridgehead atoms. The van der Waals surface area contributed by atoms with Crippen LogP contribution in [0.4, 0.5) is 5.69 Å². The molecule has 1 aliphatic rings. The highest BCUT2D eigenvalue weighted by Crippen LogP contribution is 2.30. The number of nitrogens with zero attached hydrogens (tertiary/aromatic N) is 2. The second-order valence-electron chi connectivity index (χ2n) is 9.54. The molecule has 7 nitrogen and oxygen atoms in total. The van der Waals surface area contributed by atoms with Crippen LogP contribution in [0.1, 0.15) is 66.4 Å². The lowest BCUT2D eigenvalue weighted by Gasteiger charge is -2.30. The molecule has 0 N–H and O–H groups in total. The van der Waals surface area contributed by atoms with Gasteiger partial charge in [0, 0.05) is 56.5 Å². The van der Waals surface area contributed by atoms with Crippen LogP contribution in [0.5, 0.6) is 5.75 Å². The van der Waals surface area contributed by atoms with Gasteiger partial charge in [0.25, 0.3) is 0 Å². The Morgan fingerprint density at radius 2 is 1.88 bits per heavy atom. The predicted octanol–water partition coefficient (Wildman–Crippen LogP) is 4.21. The Morgan fingerprint density at radius 3 is 2.41 bits per heavy atom. The van der Waals surface area contributed by atoms with Crippen LogP contribution < -0.4 is 9.08 Å². The van der Waals surface area contributed by atoms with Crippen molar-refractivity contribution in [3.8, 4) is 5.75 Å². The first-order valence-corrected chi connectivity index (χ1v) is 13.2. The molecule has 0 aliphatic carbocycles. The van der Waals surface area contributed by atoms with E-state index in [1.165, 1.54) is 0 Å². The van der Waals surface area contributed by atoms with Gasteiger partial charge in [0.05, 0.1) is 11.9 Å². The van der Waals surface area contributed by atoms with E-state index in [0.29, 0.717) is 25.1 Å². The predicted molar refractivity (Wildman–Crippen MR) is 129 cm³/mol. The Labute approximate surface area is 194 Å². The van der Waals surface area contributed by atoms with Crippen molar-refractivity contribution < 1.29 is 22.1 Å². The van der Waals surface area contributed by atoms with Gasteiger partial charge in [-0.25, -0.2) is 0 Å². The van der Waals surface area contributed by atoms with Crippen LogP contribution >= 0.6 is 0 Å². The summed E-state index contributed by atoms with van der Waals surface area (Å²) in [7, 11) is -3.70. The van der Waals surface area contributed by atoms with Gasteiger partial charge < -0.3 is 18.7 Å². The number of carbonyl (C=O) groups excluding carboxylic acids is 1. The van der Waals surface area contributed by atoms with Gasteiger partial charge in [-0.3, -0.25) is 4.79 Å². The van der Waals surface area contributed by atoms with Crippen molar-refractivity contribution in [1.29, 1.82) is 0 Å². The monoisotopic (exact) mass is 468 g/mol. The van der Waals surface area contributed by atoms with Crippen LogP contribution in [0.15, 0.2) is 18.2 Å². The fourth-order valence-electron chi connectivity index (χ4n) is 3.79. The maximum absolute atomic E-state index is 13.2. The summed E-state index contributed by atoms with van der Waals surface area (Å²) in [5, 5.41) is 0. The Kier molecular flexibility index (Phi) is 9.40. The van der Waals surface area contributed by atoms with E-state index < -0.39 is 10.1 Å². The van der Waals surface area contributed by atoms with E-state index in [9.17, 15) is 13.2 Å². The second-order valence-corrected chi connectivity index (χ2v) is 11.4. The third kappa shape index (κ3) is 7.96. The maximum atomic E-state index is 13.2. The van der Waals surface area contributed by atoms with Crippen molar-refractivity contribution in [3.05, 3.63) is 23.8 Å². The first-order valence-electron chi connectivity index (χ1n) is 11.7. The van der Waals surface area contributed by atoms with Gasteiger partial charge in [-0.05, 0) is 45.1 Å². The molecule has 1 aromatic carbocycles. The van der Waals surface area contributed by atoms with E-state index in [2.05, 4.69) is 18.7 Å². The largest absolute Gasteiger partial charge is 0.382 e. The van der Waals surface area contributed by atoms with Gasteiger partial charge in [0.1, 0.15) is 5.75 Å². The Balaban J connectivity index is 2.39. The van der Waals surface area contributed by atoms with Crippen molar-refractivity contribution in [2.75, 3.05) is 36.9 Å². The highest BCUT2D eigenvalue weighted by molar-refractivity contribution is 7.87. The van der Waals surface area contributed by atoms with Crippen LogP contribution in [0.25, 0.3) is 0 Å². The molecule has 8 heteroatoms. The number of amides is 1. The molecular formula is C24H40N2O5S. The molecule has 1 heterocycles. The average Bonchev–Trinajstić information content (AvgIpc) is 3.21. The number of carbonyl (C=O) groups is 1. The SMILES string of the molecule is CCN(CC)c1ccc(CN(C[C@@H]2CCCO2)C(=O)CC(C)(C)C)c(OS(=O)(=O)CC)c1. The van der Waals surface area contributed by atoms with E-state index in [1.807, 2.05) is 32.9 Å². The molecule has 2 rings (SSSR count). The molecule has 1 amide bonds. The quantitative estimate of drug-likeness (QED) is 0.453. The number of benzene rings is 1. The molecule has 1 fully saturated rings. The molecule has 0 radical (unpaired) electrons. The van der Waals surface area contributed by atoms with Crippen LogP contribution in [-0.2, 0) is 26.2 Å². The van der Waals surface area contributed by atoms with Crippen molar-refractivity contribution in [1.82, 2.24) is 4.90 Å². The van der Waals surface area contributed by atoms with Crippen LogP contribution in [0.3, 0.4) is 0 Å². The summed E-state index contributed by atoms with van der Waals surface area (Å²) >= 11 is 0. The van der Waals surface area contributed by atoms with Crippen LogP contribution in [0, 0.1) is 5.41 Å². The standard InChI is InChI=1S/C24H40N2O5S/c1-7-25(8-2)20-13-12-19(22(15-20)31-32(28,29)9-3)17-26(18-21-11-10-14-30-21)23(27)16-24(4,5)6/h12-13,15,21H,7-11,14,16-18H2,1-6H3/t21-/m0/s1. The number of hydrogen-bond donors (Lipinski definition) is 0. The molecule has 1 aliphatic heterocycles. The lowest BCUT2D eigenvalue weighted by Crippen LogP contribution is -2.38. The first kappa shape index (κ1) is 26.5. The summed E-state index contributed by atoms with van der Waals surface area (Å²) in [5.74, 6) is 0.201. The smallest absolute Gasteiger partial charge is 0.308 e. The third-order valence-electron chi connectivity index (χ3n) is 5.59. The zero-order valence-electron chi connectivity index (χ0n) is 20.5. The highest BCUT2D eigenvalue weighted by atomic mass is 32.2. The van der Waals surface area contributed by atoms with E-state index in [1.54, 1.807) is 17.9 Å². The van der Waals surface area contributed by atoms with E-state index >= 15 is 0 Å². The summed E-state index contributed by atoms with van der Waals surface area (Å²) in [5.41, 5.74) is 1.42. The summed E-state index contributed by atoms with van der Waals surface area (Å²) in [6, 6.07) is 5.61. The van der Waals surface area contributed by atoms with Crippen molar-refractivity contribution in [2.45, 2.75) is 73.5 Å². The van der Waals surface area contributed by atoms with Gasteiger partial charge in [-0.15, -0.1) is 0 Å². The highest BCUT2D eigenvalue weighted by Gasteiger charge is 2.27. The summed E-state index contributed by atoms with van der Waals surface area (Å²) in [6.07, 6.45) is 2.33. The van der Waals surface area contributed by atoms with Crippen molar-refractivity contribution >= 4 is 21.7 Å². The molecule has 0 spiro atoms. The second kappa shape index (κ2) is 11.4. The summed E-state index contributed by atoms with van der Waals surface area (Å²) in [4.78, 5) is 17.1. The molecule has 1 saturated heterocycles. The fraction of sp³-hybridized carbons (Fsp3) is 0.708. The van der Waals surface area contributed by atoms with Gasteiger partial charge in [-0.1, -0.05) is 26.8 Å². The van der Waals surface area contributed by atoms with Gasteiger partial charge in [0.2, 0.25) is 5.91 Å². The molecular weight excluding hydrogens is 428 g/mol. The average molecular weight is 469 g/mol. The molecule has 0 aromatic heterocycles. The van der Waals surface area contributed by atoms with E-state index in [0.717, 1.165) is 31.6 Å². The lowest BCUT2D eigenvalue weighted by atomic mass is 9.91. The Hall–Kier alpha value is -1.80. The van der Waals surface area contributed by atoms with Gasteiger partial charge in [0.15, 0.2) is 0 Å². The van der Waals surface area contributed by atoms with E-state index in [4.69, 9.17) is 8.92 Å². The molecule has 1 atom stereocenters. The number of hydrogen-bond acceptors (Lipinski definition) is 6. The summed E-state index contributed by atoms with van der Waals surface area (Å²) in [6.45, 7) is 14.9. The zero-order valence-corrected chi connectivity index (χ0v) is 21.3. The van der Waals surface area contributed by atoms with Crippen molar-refractivity contribution in [3.63, 3.8) is 0 Å². The van der Waals surface area contributed by atoms with Gasteiger partial charge in [-0.2, -0.15) is 8.42 Å². The molecule has 1 aromatic rings. The van der Waals surface area contributed by atoms with Crippen LogP contribution in [0.2, 0.25) is 0 Å². The number of anilines is 1. The van der Waals surface area contributed by atoms with Gasteiger partial charge >= 0.3 is 10.1 Å². The number of ether oxygens (including phenoxy) is 1. The zero-order chi connectivity index (χ0) is 23.9. The third-order valence-corrected chi connectivity index (χ3v) is 6.73. The Morgan fingerprint density at radius 1 is 1.19 bits per heavy atom. The minimum absolute atomic E-state index is 0.0117. The molecule has 0 unspecified atom stereocenters.